The number of anilines is 1. The molecule has 0 radical (unpaired) electrons. The number of para-hydroxylation sites is 1. The van der Waals surface area contributed by atoms with Crippen LogP contribution in [0.2, 0.25) is 0 Å². The third kappa shape index (κ3) is 3.76. The minimum Gasteiger partial charge on any atom is -0.490 e. The second kappa shape index (κ2) is 7.49. The number of hydrogen-bond donors (Lipinski definition) is 1. The minimum absolute atomic E-state index is 0.0609. The fourth-order valence-electron chi connectivity index (χ4n) is 3.08. The van der Waals surface area contributed by atoms with Gasteiger partial charge in [-0.05, 0) is 36.2 Å². The molecule has 2 heterocycles. The zero-order valence-electron chi connectivity index (χ0n) is 15.0. The Labute approximate surface area is 156 Å². The van der Waals surface area contributed by atoms with Crippen LogP contribution in [0.5, 0.6) is 11.5 Å². The van der Waals surface area contributed by atoms with Crippen molar-refractivity contribution in [1.82, 2.24) is 14.8 Å². The van der Waals surface area contributed by atoms with Gasteiger partial charge in [0, 0.05) is 0 Å². The maximum Gasteiger partial charge on any atom is 0.229 e. The lowest BCUT2D eigenvalue weighted by Crippen LogP contribution is -2.29. The molecule has 2 aromatic carbocycles. The van der Waals surface area contributed by atoms with Crippen LogP contribution < -0.4 is 14.8 Å². The quantitative estimate of drug-likeness (QED) is 0.681. The second-order valence-electron chi connectivity index (χ2n) is 6.33. The summed E-state index contributed by atoms with van der Waals surface area (Å²) >= 11 is 0. The van der Waals surface area contributed by atoms with Crippen molar-refractivity contribution >= 4 is 11.9 Å². The highest BCUT2D eigenvalue weighted by Crippen LogP contribution is 2.29. The molecule has 0 bridgehead atoms. The first-order chi connectivity index (χ1) is 13.2. The Morgan fingerprint density at radius 3 is 2.70 bits per heavy atom. The van der Waals surface area contributed by atoms with Gasteiger partial charge in [0.05, 0.1) is 12.5 Å². The molecule has 1 N–H and O–H groups in total. The zero-order valence-corrected chi connectivity index (χ0v) is 15.0. The van der Waals surface area contributed by atoms with Crippen molar-refractivity contribution in [2.24, 2.45) is 0 Å². The third-order valence-corrected chi connectivity index (χ3v) is 4.47. The summed E-state index contributed by atoms with van der Waals surface area (Å²) in [6.07, 6.45) is 1.78. The molecule has 0 unspecified atom stereocenters. The van der Waals surface area contributed by atoms with E-state index in [0.717, 1.165) is 22.6 Å². The Hall–Kier alpha value is -3.35. The summed E-state index contributed by atoms with van der Waals surface area (Å²) in [4.78, 5) is 15.9. The molecule has 0 saturated heterocycles. The molecule has 0 spiro atoms. The van der Waals surface area contributed by atoms with Crippen molar-refractivity contribution in [2.75, 3.05) is 18.5 Å². The maximum atomic E-state index is 11.9. The van der Waals surface area contributed by atoms with Gasteiger partial charge >= 0.3 is 0 Å². The van der Waals surface area contributed by atoms with Gasteiger partial charge in [0.1, 0.15) is 31.0 Å². The minimum atomic E-state index is -0.158. The van der Waals surface area contributed by atoms with Crippen molar-refractivity contribution in [3.05, 3.63) is 66.0 Å². The Morgan fingerprint density at radius 2 is 1.89 bits per heavy atom. The molecule has 138 valence electrons. The van der Waals surface area contributed by atoms with E-state index in [1.165, 1.54) is 6.33 Å². The standard InChI is InChI=1S/C20H20N4O3/c1-14-4-2-3-5-18(14)27-11-10-26-16-8-6-15(7-9-16)17-12-19(25)23-20-21-13-22-24(17)20/h2-9,13,17H,10-12H2,1H3,(H,21,22,23,25)/t17-/m0/s1. The lowest BCUT2D eigenvalue weighted by Gasteiger charge is -2.23. The Morgan fingerprint density at radius 1 is 1.11 bits per heavy atom. The van der Waals surface area contributed by atoms with Crippen LogP contribution in [0.1, 0.15) is 23.6 Å². The first-order valence-corrected chi connectivity index (χ1v) is 8.81. The van der Waals surface area contributed by atoms with E-state index in [1.54, 1.807) is 4.68 Å². The van der Waals surface area contributed by atoms with Crippen LogP contribution in [0.15, 0.2) is 54.9 Å². The highest BCUT2D eigenvalue weighted by molar-refractivity contribution is 5.91. The largest absolute Gasteiger partial charge is 0.490 e. The molecule has 1 aliphatic rings. The fraction of sp³-hybridized carbons (Fsp3) is 0.250. The summed E-state index contributed by atoms with van der Waals surface area (Å²) in [5.74, 6) is 2.04. The molecule has 1 amide bonds. The summed E-state index contributed by atoms with van der Waals surface area (Å²) in [6.45, 7) is 2.94. The van der Waals surface area contributed by atoms with E-state index in [2.05, 4.69) is 15.4 Å². The summed E-state index contributed by atoms with van der Waals surface area (Å²) in [7, 11) is 0. The molecule has 1 aromatic heterocycles. The number of nitrogens with one attached hydrogen (secondary N) is 1. The molecule has 27 heavy (non-hydrogen) atoms. The van der Waals surface area contributed by atoms with Gasteiger partial charge in [-0.1, -0.05) is 30.3 Å². The van der Waals surface area contributed by atoms with Crippen LogP contribution in [-0.4, -0.2) is 33.9 Å². The van der Waals surface area contributed by atoms with E-state index >= 15 is 0 Å². The number of benzene rings is 2. The first kappa shape index (κ1) is 17.1. The van der Waals surface area contributed by atoms with Crippen molar-refractivity contribution in [3.8, 4) is 11.5 Å². The van der Waals surface area contributed by atoms with E-state index in [4.69, 9.17) is 9.47 Å². The van der Waals surface area contributed by atoms with Gasteiger partial charge in [0.15, 0.2) is 0 Å². The van der Waals surface area contributed by atoms with E-state index in [9.17, 15) is 4.79 Å². The molecule has 0 fully saturated rings. The zero-order chi connectivity index (χ0) is 18.6. The lowest BCUT2D eigenvalue weighted by atomic mass is 10.0. The van der Waals surface area contributed by atoms with Crippen LogP contribution in [0.4, 0.5) is 5.95 Å². The molecular formula is C20H20N4O3. The van der Waals surface area contributed by atoms with Crippen LogP contribution in [0.3, 0.4) is 0 Å². The molecule has 1 aliphatic heterocycles. The van der Waals surface area contributed by atoms with Crippen molar-refractivity contribution in [2.45, 2.75) is 19.4 Å². The van der Waals surface area contributed by atoms with Gasteiger partial charge in [0.25, 0.3) is 0 Å². The predicted octanol–water partition coefficient (Wildman–Crippen LogP) is 2.98. The molecule has 7 nitrogen and oxygen atoms in total. The number of carbonyl (C=O) groups excluding carboxylic acids is 1. The number of hydrogen-bond acceptors (Lipinski definition) is 5. The average molecular weight is 364 g/mol. The number of amides is 1. The molecule has 4 rings (SSSR count). The van der Waals surface area contributed by atoms with Gasteiger partial charge < -0.3 is 9.47 Å². The summed E-state index contributed by atoms with van der Waals surface area (Å²) in [5, 5.41) is 6.93. The normalized spacial score (nSPS) is 15.7. The van der Waals surface area contributed by atoms with Gasteiger partial charge in [0.2, 0.25) is 11.9 Å². The maximum absolute atomic E-state index is 11.9. The number of nitrogens with zero attached hydrogens (tertiary/aromatic N) is 3. The SMILES string of the molecule is Cc1ccccc1OCCOc1ccc([C@@H]2CC(=O)Nc3ncnn32)cc1. The Bertz CT molecular complexity index is 936. The van der Waals surface area contributed by atoms with Crippen LogP contribution in [-0.2, 0) is 4.79 Å². The van der Waals surface area contributed by atoms with E-state index in [-0.39, 0.29) is 11.9 Å². The van der Waals surface area contributed by atoms with Gasteiger partial charge in [-0.3, -0.25) is 10.1 Å². The summed E-state index contributed by atoms with van der Waals surface area (Å²) in [5.41, 5.74) is 2.09. The Balaban J connectivity index is 1.35. The highest BCUT2D eigenvalue weighted by Gasteiger charge is 2.27. The number of ether oxygens (including phenoxy) is 2. The second-order valence-corrected chi connectivity index (χ2v) is 6.33. The van der Waals surface area contributed by atoms with E-state index in [1.807, 2.05) is 55.5 Å². The molecule has 7 heteroatoms. The van der Waals surface area contributed by atoms with Crippen LogP contribution in [0, 0.1) is 6.92 Å². The first-order valence-electron chi connectivity index (χ1n) is 8.81. The fourth-order valence-corrected chi connectivity index (χ4v) is 3.08. The predicted molar refractivity (Wildman–Crippen MR) is 100 cm³/mol. The lowest BCUT2D eigenvalue weighted by molar-refractivity contribution is -0.117. The molecular weight excluding hydrogens is 344 g/mol. The third-order valence-electron chi connectivity index (χ3n) is 4.47. The number of aromatic nitrogens is 3. The van der Waals surface area contributed by atoms with Gasteiger partial charge in [-0.15, -0.1) is 0 Å². The molecule has 3 aromatic rings. The smallest absolute Gasteiger partial charge is 0.229 e. The number of fused-ring (bicyclic) bond motifs is 1. The number of aryl methyl sites for hydroxylation is 1. The number of carbonyl (C=O) groups is 1. The molecule has 0 aliphatic carbocycles. The van der Waals surface area contributed by atoms with E-state index in [0.29, 0.717) is 25.6 Å². The number of rotatable bonds is 6. The van der Waals surface area contributed by atoms with Crippen molar-refractivity contribution in [3.63, 3.8) is 0 Å². The summed E-state index contributed by atoms with van der Waals surface area (Å²) < 4.78 is 13.2. The van der Waals surface area contributed by atoms with Gasteiger partial charge in [-0.25, -0.2) is 4.68 Å². The molecule has 1 atom stereocenters. The van der Waals surface area contributed by atoms with Crippen molar-refractivity contribution < 1.29 is 14.3 Å². The average Bonchev–Trinajstić information content (AvgIpc) is 3.15. The van der Waals surface area contributed by atoms with Crippen molar-refractivity contribution in [1.29, 1.82) is 0 Å². The van der Waals surface area contributed by atoms with E-state index < -0.39 is 0 Å². The Kier molecular flexibility index (Phi) is 4.74. The topological polar surface area (TPSA) is 78.3 Å². The molecule has 0 saturated carbocycles. The highest BCUT2D eigenvalue weighted by atomic mass is 16.5. The van der Waals surface area contributed by atoms with Gasteiger partial charge in [-0.2, -0.15) is 10.1 Å². The van der Waals surface area contributed by atoms with Crippen LogP contribution in [0.25, 0.3) is 0 Å². The monoisotopic (exact) mass is 364 g/mol. The van der Waals surface area contributed by atoms with Crippen LogP contribution >= 0.6 is 0 Å². The summed E-state index contributed by atoms with van der Waals surface area (Å²) in [6, 6.07) is 15.4.